The fraction of sp³-hybridized carbons (Fsp3) is 0.357. The normalized spacial score (nSPS) is 10.9. The van der Waals surface area contributed by atoms with Gasteiger partial charge in [-0.1, -0.05) is 41.8 Å². The lowest BCUT2D eigenvalue weighted by atomic mass is 10.5. The van der Waals surface area contributed by atoms with Crippen LogP contribution in [0.2, 0.25) is 0 Å². The highest BCUT2D eigenvalue weighted by molar-refractivity contribution is 8.03. The van der Waals surface area contributed by atoms with E-state index in [1.807, 2.05) is 6.92 Å². The molecule has 0 saturated carbocycles. The number of nitrogens with one attached hydrogen (secondary N) is 1. The SMILES string of the molecule is CCCNC(=O)CSc1nnc(SCc2nnc(-c3ccco3)o2)s1. The molecular weight excluding hydrogens is 382 g/mol. The molecule has 25 heavy (non-hydrogen) atoms. The van der Waals surface area contributed by atoms with Crippen LogP contribution in [0.4, 0.5) is 0 Å². The number of rotatable bonds is 9. The lowest BCUT2D eigenvalue weighted by Crippen LogP contribution is -2.25. The topological polar surface area (TPSA) is 107 Å². The number of aromatic nitrogens is 4. The van der Waals surface area contributed by atoms with Gasteiger partial charge in [-0.3, -0.25) is 4.79 Å². The van der Waals surface area contributed by atoms with E-state index in [2.05, 4.69) is 25.7 Å². The van der Waals surface area contributed by atoms with E-state index in [0.717, 1.165) is 15.1 Å². The van der Waals surface area contributed by atoms with Gasteiger partial charge in [0.15, 0.2) is 14.4 Å². The third kappa shape index (κ3) is 5.31. The summed E-state index contributed by atoms with van der Waals surface area (Å²) < 4.78 is 12.3. The largest absolute Gasteiger partial charge is 0.459 e. The van der Waals surface area contributed by atoms with Gasteiger partial charge in [-0.2, -0.15) is 0 Å². The number of carbonyl (C=O) groups is 1. The van der Waals surface area contributed by atoms with E-state index < -0.39 is 0 Å². The Balaban J connectivity index is 1.46. The molecule has 132 valence electrons. The molecule has 0 unspecified atom stereocenters. The number of hydrogen-bond acceptors (Lipinski definition) is 10. The van der Waals surface area contributed by atoms with Gasteiger partial charge in [0, 0.05) is 6.54 Å². The van der Waals surface area contributed by atoms with Crippen LogP contribution in [0.25, 0.3) is 11.7 Å². The molecule has 3 heterocycles. The summed E-state index contributed by atoms with van der Waals surface area (Å²) >= 11 is 4.27. The molecule has 0 bridgehead atoms. The van der Waals surface area contributed by atoms with Crippen molar-refractivity contribution >= 4 is 40.8 Å². The van der Waals surface area contributed by atoms with E-state index in [9.17, 15) is 4.79 Å². The summed E-state index contributed by atoms with van der Waals surface area (Å²) in [5, 5.41) is 18.9. The van der Waals surface area contributed by atoms with Crippen LogP contribution < -0.4 is 5.32 Å². The van der Waals surface area contributed by atoms with Gasteiger partial charge in [0.25, 0.3) is 5.89 Å². The smallest absolute Gasteiger partial charge is 0.283 e. The quantitative estimate of drug-likeness (QED) is 0.545. The standard InChI is InChI=1S/C14H15N5O3S3/c1-2-5-15-10(20)7-23-13-18-19-14(25-13)24-8-11-16-17-12(22-11)9-4-3-6-21-9/h3-4,6H,2,5,7-8H2,1H3,(H,15,20). The van der Waals surface area contributed by atoms with E-state index >= 15 is 0 Å². The number of amides is 1. The van der Waals surface area contributed by atoms with Gasteiger partial charge in [-0.05, 0) is 18.6 Å². The van der Waals surface area contributed by atoms with Crippen molar-refractivity contribution in [1.29, 1.82) is 0 Å². The summed E-state index contributed by atoms with van der Waals surface area (Å²) in [7, 11) is 0. The first-order valence-corrected chi connectivity index (χ1v) is 10.3. The Morgan fingerprint density at radius 2 is 2.08 bits per heavy atom. The van der Waals surface area contributed by atoms with Gasteiger partial charge in [0.05, 0.1) is 17.8 Å². The van der Waals surface area contributed by atoms with Crippen LogP contribution in [0.5, 0.6) is 0 Å². The molecule has 3 aromatic rings. The monoisotopic (exact) mass is 397 g/mol. The molecule has 0 spiro atoms. The minimum absolute atomic E-state index is 0.00701. The molecule has 0 aliphatic rings. The van der Waals surface area contributed by atoms with Crippen molar-refractivity contribution in [2.75, 3.05) is 12.3 Å². The first-order chi connectivity index (χ1) is 12.2. The van der Waals surface area contributed by atoms with E-state index in [-0.39, 0.29) is 5.91 Å². The van der Waals surface area contributed by atoms with E-state index in [1.165, 1.54) is 34.9 Å². The van der Waals surface area contributed by atoms with Gasteiger partial charge in [-0.25, -0.2) is 0 Å². The lowest BCUT2D eigenvalue weighted by Gasteiger charge is -2.00. The summed E-state index contributed by atoms with van der Waals surface area (Å²) in [4.78, 5) is 11.6. The van der Waals surface area contributed by atoms with Gasteiger partial charge in [0.1, 0.15) is 0 Å². The predicted octanol–water partition coefficient (Wildman–Crippen LogP) is 3.09. The molecule has 8 nitrogen and oxygen atoms in total. The van der Waals surface area contributed by atoms with Crippen molar-refractivity contribution in [2.45, 2.75) is 27.8 Å². The van der Waals surface area contributed by atoms with Crippen molar-refractivity contribution < 1.29 is 13.6 Å². The Morgan fingerprint density at radius 3 is 2.84 bits per heavy atom. The maximum absolute atomic E-state index is 11.6. The molecule has 0 aromatic carbocycles. The molecule has 1 N–H and O–H groups in total. The summed E-state index contributed by atoms with van der Waals surface area (Å²) in [5.74, 6) is 2.22. The number of thioether (sulfide) groups is 2. The Labute approximate surface area is 156 Å². The number of carbonyl (C=O) groups excluding carboxylic acids is 1. The lowest BCUT2D eigenvalue weighted by molar-refractivity contribution is -0.118. The zero-order valence-electron chi connectivity index (χ0n) is 13.3. The van der Waals surface area contributed by atoms with Crippen LogP contribution in [0.3, 0.4) is 0 Å². The van der Waals surface area contributed by atoms with Crippen LogP contribution >= 0.6 is 34.9 Å². The molecular formula is C14H15N5O3S3. The Hall–Kier alpha value is -1.85. The second-order valence-corrected chi connectivity index (χ2v) is 8.16. The molecule has 0 aliphatic carbocycles. The minimum Gasteiger partial charge on any atom is -0.459 e. The molecule has 0 aliphatic heterocycles. The van der Waals surface area contributed by atoms with Crippen molar-refractivity contribution in [1.82, 2.24) is 25.7 Å². The van der Waals surface area contributed by atoms with Crippen molar-refractivity contribution in [2.24, 2.45) is 0 Å². The summed E-state index contributed by atoms with van der Waals surface area (Å²) in [6.45, 7) is 2.71. The second kappa shape index (κ2) is 9.02. The van der Waals surface area contributed by atoms with Gasteiger partial charge < -0.3 is 14.2 Å². The molecule has 3 rings (SSSR count). The highest BCUT2D eigenvalue weighted by Gasteiger charge is 2.13. The van der Waals surface area contributed by atoms with Crippen molar-refractivity contribution in [3.05, 3.63) is 24.3 Å². The van der Waals surface area contributed by atoms with E-state index in [0.29, 0.717) is 35.6 Å². The third-order valence-electron chi connectivity index (χ3n) is 2.80. The van der Waals surface area contributed by atoms with Crippen LogP contribution in [0.15, 0.2) is 35.9 Å². The van der Waals surface area contributed by atoms with E-state index in [4.69, 9.17) is 8.83 Å². The third-order valence-corrected chi connectivity index (χ3v) is 5.98. The molecule has 0 saturated heterocycles. The maximum Gasteiger partial charge on any atom is 0.283 e. The average molecular weight is 398 g/mol. The van der Waals surface area contributed by atoms with Crippen LogP contribution in [-0.2, 0) is 10.5 Å². The Bertz CT molecular complexity index is 802. The maximum atomic E-state index is 11.6. The highest BCUT2D eigenvalue weighted by atomic mass is 32.2. The van der Waals surface area contributed by atoms with Gasteiger partial charge >= 0.3 is 0 Å². The molecule has 0 fully saturated rings. The van der Waals surface area contributed by atoms with E-state index in [1.54, 1.807) is 18.4 Å². The first-order valence-electron chi connectivity index (χ1n) is 7.46. The van der Waals surface area contributed by atoms with Crippen LogP contribution in [0, 0.1) is 0 Å². The number of hydrogen-bond donors (Lipinski definition) is 1. The van der Waals surface area contributed by atoms with Crippen LogP contribution in [0.1, 0.15) is 19.2 Å². The fourth-order valence-corrected chi connectivity index (χ4v) is 4.38. The van der Waals surface area contributed by atoms with Crippen molar-refractivity contribution in [3.63, 3.8) is 0 Å². The summed E-state index contributed by atoms with van der Waals surface area (Å²) in [5.41, 5.74) is 0. The molecule has 1 amide bonds. The highest BCUT2D eigenvalue weighted by Crippen LogP contribution is 2.31. The molecule has 3 aromatic heterocycles. The Morgan fingerprint density at radius 1 is 1.24 bits per heavy atom. The summed E-state index contributed by atoms with van der Waals surface area (Å²) in [6.07, 6.45) is 2.48. The molecule has 11 heteroatoms. The van der Waals surface area contributed by atoms with Crippen LogP contribution in [-0.4, -0.2) is 38.6 Å². The first kappa shape index (κ1) is 18.0. The minimum atomic E-state index is 0.00701. The zero-order chi connectivity index (χ0) is 17.5. The van der Waals surface area contributed by atoms with Crippen molar-refractivity contribution in [3.8, 4) is 11.7 Å². The second-order valence-electron chi connectivity index (χ2n) is 4.74. The fourth-order valence-electron chi connectivity index (χ4n) is 1.69. The number of furan rings is 1. The predicted molar refractivity (Wildman–Crippen MR) is 95.5 cm³/mol. The molecule has 0 radical (unpaired) electrons. The van der Waals surface area contributed by atoms with Gasteiger partial charge in [0.2, 0.25) is 11.8 Å². The summed E-state index contributed by atoms with van der Waals surface area (Å²) in [6, 6.07) is 3.52. The number of nitrogens with zero attached hydrogens (tertiary/aromatic N) is 4. The average Bonchev–Trinajstić information content (AvgIpc) is 3.37. The molecule has 0 atom stereocenters. The Kier molecular flexibility index (Phi) is 6.48. The zero-order valence-corrected chi connectivity index (χ0v) is 15.7. The van der Waals surface area contributed by atoms with Gasteiger partial charge in [-0.15, -0.1) is 20.4 Å².